The molecule has 1 fully saturated rings. The second-order valence-corrected chi connectivity index (χ2v) is 9.68. The van der Waals surface area contributed by atoms with Crippen molar-refractivity contribution < 1.29 is 58.9 Å². The van der Waals surface area contributed by atoms with E-state index in [4.69, 9.17) is 4.98 Å². The molecule has 4 rings (SSSR count). The van der Waals surface area contributed by atoms with Crippen molar-refractivity contribution >= 4 is 11.9 Å². The zero-order valence-electron chi connectivity index (χ0n) is 21.7. The third-order valence-electron chi connectivity index (χ3n) is 6.46. The number of amides is 1. The number of aliphatic carboxylic acids is 1. The Labute approximate surface area is 243 Å². The van der Waals surface area contributed by atoms with E-state index in [0.717, 1.165) is 29.7 Å². The van der Waals surface area contributed by atoms with Crippen molar-refractivity contribution in [1.29, 1.82) is 0 Å². The standard InChI is InChI=1S/C28H32FN3O5.Na/c1-17-3-2-4-18(13-17)16-30-28(37)25-26(19-5-6-19)32(12-11-22(33)14-23(34)15-24(35)36)27(31-25)20-7-9-21(29)10-8-20;/h2-4,7-10,13,19,22-23,33-34H,5-6,11-12,14-16H2,1H3,(H,30,37)(H,35,36);/q;+1/p-1/t22-,23-;/m1./s1. The zero-order valence-corrected chi connectivity index (χ0v) is 23.7. The van der Waals surface area contributed by atoms with Gasteiger partial charge in [0.2, 0.25) is 0 Å². The molecule has 0 bridgehead atoms. The van der Waals surface area contributed by atoms with Crippen molar-refractivity contribution in [3.05, 3.63) is 76.9 Å². The predicted octanol–water partition coefficient (Wildman–Crippen LogP) is -0.549. The monoisotopic (exact) mass is 531 g/mol. The maximum absolute atomic E-state index is 13.6. The van der Waals surface area contributed by atoms with Crippen LogP contribution in [-0.4, -0.2) is 43.8 Å². The quantitative estimate of drug-likeness (QED) is 0.269. The van der Waals surface area contributed by atoms with Crippen molar-refractivity contribution in [2.75, 3.05) is 0 Å². The topological polar surface area (TPSA) is 128 Å². The Bertz CT molecular complexity index is 1260. The van der Waals surface area contributed by atoms with Gasteiger partial charge in [-0.05, 0) is 62.4 Å². The van der Waals surface area contributed by atoms with Gasteiger partial charge in [-0.25, -0.2) is 9.37 Å². The predicted molar refractivity (Wildman–Crippen MR) is 133 cm³/mol. The largest absolute Gasteiger partial charge is 1.00 e. The van der Waals surface area contributed by atoms with Gasteiger partial charge in [0.15, 0.2) is 0 Å². The number of benzene rings is 2. The summed E-state index contributed by atoms with van der Waals surface area (Å²) in [5, 5.41) is 34.0. The molecule has 2 atom stereocenters. The number of nitrogens with zero attached hydrogens (tertiary/aromatic N) is 2. The fraction of sp³-hybridized carbons (Fsp3) is 0.393. The zero-order chi connectivity index (χ0) is 26.5. The van der Waals surface area contributed by atoms with Crippen LogP contribution < -0.4 is 40.0 Å². The number of nitrogens with one attached hydrogen (secondary N) is 1. The second kappa shape index (κ2) is 13.5. The Morgan fingerprint density at radius 2 is 1.87 bits per heavy atom. The van der Waals surface area contributed by atoms with E-state index in [1.54, 1.807) is 12.1 Å². The molecule has 196 valence electrons. The van der Waals surface area contributed by atoms with E-state index in [2.05, 4.69) is 5.32 Å². The van der Waals surface area contributed by atoms with E-state index in [-0.39, 0.29) is 60.8 Å². The number of aryl methyl sites for hydroxylation is 1. The van der Waals surface area contributed by atoms with Crippen LogP contribution in [0.4, 0.5) is 4.39 Å². The van der Waals surface area contributed by atoms with Crippen LogP contribution in [0.25, 0.3) is 11.4 Å². The van der Waals surface area contributed by atoms with Gasteiger partial charge >= 0.3 is 29.6 Å². The van der Waals surface area contributed by atoms with Gasteiger partial charge in [0.25, 0.3) is 5.91 Å². The summed E-state index contributed by atoms with van der Waals surface area (Å²) in [5.41, 5.74) is 3.77. The molecule has 0 radical (unpaired) electrons. The first-order valence-corrected chi connectivity index (χ1v) is 12.5. The average molecular weight is 532 g/mol. The fourth-order valence-corrected chi connectivity index (χ4v) is 4.52. The molecular weight excluding hydrogens is 500 g/mol. The second-order valence-electron chi connectivity index (χ2n) is 9.68. The first-order valence-electron chi connectivity index (χ1n) is 12.5. The van der Waals surface area contributed by atoms with Gasteiger partial charge in [0, 0.05) is 37.0 Å². The molecule has 1 aliphatic rings. The Kier molecular flexibility index (Phi) is 10.6. The minimum Gasteiger partial charge on any atom is -0.550 e. The number of imidazole rings is 1. The van der Waals surface area contributed by atoms with Crippen LogP contribution in [0.1, 0.15) is 65.3 Å². The molecule has 1 heterocycles. The van der Waals surface area contributed by atoms with Crippen molar-refractivity contribution in [2.24, 2.45) is 0 Å². The summed E-state index contributed by atoms with van der Waals surface area (Å²) in [6.07, 6.45) is -0.843. The van der Waals surface area contributed by atoms with Crippen molar-refractivity contribution in [1.82, 2.24) is 14.9 Å². The van der Waals surface area contributed by atoms with Gasteiger partial charge in [0.05, 0.1) is 17.9 Å². The molecule has 1 aromatic heterocycles. The number of carboxylic acids is 1. The molecule has 0 saturated heterocycles. The van der Waals surface area contributed by atoms with E-state index in [1.807, 2.05) is 35.8 Å². The minimum absolute atomic E-state index is 0. The van der Waals surface area contributed by atoms with Gasteiger partial charge < -0.3 is 30.0 Å². The van der Waals surface area contributed by atoms with Gasteiger partial charge in [-0.1, -0.05) is 29.8 Å². The van der Waals surface area contributed by atoms with E-state index in [0.29, 0.717) is 23.6 Å². The average Bonchev–Trinajstić information content (AvgIpc) is 3.61. The van der Waals surface area contributed by atoms with Crippen LogP contribution in [-0.2, 0) is 17.9 Å². The molecule has 2 aromatic carbocycles. The normalized spacial score (nSPS) is 14.4. The van der Waals surface area contributed by atoms with Crippen LogP contribution in [0.5, 0.6) is 0 Å². The number of carbonyl (C=O) groups excluding carboxylic acids is 2. The molecule has 3 aromatic rings. The maximum atomic E-state index is 13.6. The summed E-state index contributed by atoms with van der Waals surface area (Å²) in [6.45, 7) is 2.62. The third-order valence-corrected chi connectivity index (χ3v) is 6.46. The van der Waals surface area contributed by atoms with E-state index >= 15 is 0 Å². The van der Waals surface area contributed by atoms with Crippen LogP contribution in [0.15, 0.2) is 48.5 Å². The fourth-order valence-electron chi connectivity index (χ4n) is 4.52. The first-order chi connectivity index (χ1) is 17.7. The van der Waals surface area contributed by atoms with Crippen molar-refractivity contribution in [3.8, 4) is 11.4 Å². The third kappa shape index (κ3) is 7.97. The van der Waals surface area contributed by atoms with Gasteiger partial charge in [-0.15, -0.1) is 0 Å². The number of carboxylic acid groups (broad SMARTS) is 1. The first kappa shape index (κ1) is 30.0. The Balaban J connectivity index is 0.00000400. The molecule has 8 nitrogen and oxygen atoms in total. The summed E-state index contributed by atoms with van der Waals surface area (Å²) in [6, 6.07) is 13.7. The van der Waals surface area contributed by atoms with Gasteiger partial charge in [0.1, 0.15) is 17.3 Å². The molecule has 1 aliphatic carbocycles. The smallest absolute Gasteiger partial charge is 0.550 e. The number of aliphatic hydroxyl groups excluding tert-OH is 2. The van der Waals surface area contributed by atoms with Crippen LogP contribution in [0.3, 0.4) is 0 Å². The van der Waals surface area contributed by atoms with Crippen LogP contribution in [0.2, 0.25) is 0 Å². The van der Waals surface area contributed by atoms with Crippen LogP contribution >= 0.6 is 0 Å². The molecule has 1 saturated carbocycles. The SMILES string of the molecule is Cc1cccc(CNC(=O)c2nc(-c3ccc(F)cc3)n(CC[C@@H](O)C[C@@H](O)CC(=O)[O-])c2C2CC2)c1.[Na+]. The number of aliphatic hydroxyl groups is 2. The summed E-state index contributed by atoms with van der Waals surface area (Å²) in [5.74, 6) is -1.45. The van der Waals surface area contributed by atoms with Crippen LogP contribution in [0, 0.1) is 12.7 Å². The van der Waals surface area contributed by atoms with Crippen molar-refractivity contribution in [3.63, 3.8) is 0 Å². The minimum atomic E-state index is -1.38. The van der Waals surface area contributed by atoms with E-state index in [9.17, 15) is 29.3 Å². The summed E-state index contributed by atoms with van der Waals surface area (Å²) in [7, 11) is 0. The number of hydrogen-bond acceptors (Lipinski definition) is 6. The molecule has 1 amide bonds. The molecular formula is C28H31FN3NaO5. The molecule has 38 heavy (non-hydrogen) atoms. The number of rotatable bonds is 12. The number of hydrogen-bond donors (Lipinski definition) is 3. The maximum Gasteiger partial charge on any atom is 1.00 e. The molecule has 0 spiro atoms. The number of aromatic nitrogens is 2. The summed E-state index contributed by atoms with van der Waals surface area (Å²) in [4.78, 5) is 28.7. The Morgan fingerprint density at radius 1 is 1.16 bits per heavy atom. The van der Waals surface area contributed by atoms with E-state index in [1.165, 1.54) is 12.1 Å². The Hall–Kier alpha value is -2.56. The Morgan fingerprint density at radius 3 is 2.50 bits per heavy atom. The van der Waals surface area contributed by atoms with Gasteiger partial charge in [-0.3, -0.25) is 4.79 Å². The summed E-state index contributed by atoms with van der Waals surface area (Å²) >= 11 is 0. The molecule has 3 N–H and O–H groups in total. The van der Waals surface area contributed by atoms with Gasteiger partial charge in [-0.2, -0.15) is 0 Å². The molecule has 10 heteroatoms. The summed E-state index contributed by atoms with van der Waals surface area (Å²) < 4.78 is 15.5. The van der Waals surface area contributed by atoms with Crippen molar-refractivity contribution in [2.45, 2.75) is 70.2 Å². The number of carbonyl (C=O) groups is 2. The molecule has 0 aliphatic heterocycles. The van der Waals surface area contributed by atoms with E-state index < -0.39 is 30.4 Å². The molecule has 0 unspecified atom stereocenters. The number of halogens is 1.